The lowest BCUT2D eigenvalue weighted by molar-refractivity contribution is 0.130. The minimum Gasteiger partial charge on any atom is -0.396 e. The summed E-state index contributed by atoms with van der Waals surface area (Å²) < 4.78 is 0. The summed E-state index contributed by atoms with van der Waals surface area (Å²) in [6.45, 7) is 11.7. The summed E-state index contributed by atoms with van der Waals surface area (Å²) in [6, 6.07) is 0. The fraction of sp³-hybridized carbons (Fsp3) is 1.00. The van der Waals surface area contributed by atoms with Crippen molar-refractivity contribution < 1.29 is 5.11 Å². The van der Waals surface area contributed by atoms with E-state index in [1.807, 2.05) is 0 Å². The Bertz CT molecular complexity index is 127. The van der Waals surface area contributed by atoms with Crippen molar-refractivity contribution in [2.45, 2.75) is 53.9 Å². The molecule has 1 atom stereocenters. The van der Waals surface area contributed by atoms with Crippen molar-refractivity contribution in [3.8, 4) is 0 Å². The molecule has 0 saturated heterocycles. The summed E-state index contributed by atoms with van der Waals surface area (Å²) >= 11 is 0. The Morgan fingerprint density at radius 2 is 1.77 bits per heavy atom. The van der Waals surface area contributed by atoms with Crippen molar-refractivity contribution in [3.63, 3.8) is 0 Å². The van der Waals surface area contributed by atoms with Crippen LogP contribution in [0.1, 0.15) is 53.9 Å². The number of aliphatic hydroxyl groups excluding tert-OH is 1. The molecule has 1 heteroatoms. The van der Waals surface area contributed by atoms with Crippen LogP contribution >= 0.6 is 0 Å². The zero-order chi connectivity index (χ0) is 10.5. The van der Waals surface area contributed by atoms with Gasteiger partial charge in [-0.3, -0.25) is 0 Å². The lowest BCUT2D eigenvalue weighted by Gasteiger charge is -2.32. The molecule has 80 valence electrons. The van der Waals surface area contributed by atoms with Crippen LogP contribution in [0.5, 0.6) is 0 Å². The molecule has 0 bridgehead atoms. The molecule has 0 heterocycles. The molecule has 0 aromatic heterocycles. The zero-order valence-corrected chi connectivity index (χ0v) is 9.93. The second-order valence-electron chi connectivity index (χ2n) is 5.18. The van der Waals surface area contributed by atoms with Gasteiger partial charge in [-0.2, -0.15) is 0 Å². The molecule has 0 aliphatic heterocycles. The second-order valence-corrected chi connectivity index (χ2v) is 5.18. The van der Waals surface area contributed by atoms with Crippen molar-refractivity contribution in [3.05, 3.63) is 0 Å². The average Bonchev–Trinajstić information content (AvgIpc) is 2.03. The van der Waals surface area contributed by atoms with Crippen LogP contribution in [0.3, 0.4) is 0 Å². The van der Waals surface area contributed by atoms with Crippen LogP contribution < -0.4 is 0 Å². The lowest BCUT2D eigenvalue weighted by atomic mass is 9.74. The smallest absolute Gasteiger partial charge is 0.0459 e. The third-order valence-corrected chi connectivity index (χ3v) is 3.33. The van der Waals surface area contributed by atoms with Crippen LogP contribution in [-0.2, 0) is 0 Å². The van der Waals surface area contributed by atoms with Crippen LogP contribution in [0.25, 0.3) is 0 Å². The Morgan fingerprint density at radius 3 is 2.08 bits per heavy atom. The SMILES string of the molecule is CCCC(CO)CC(C)(C)C(C)C. The highest BCUT2D eigenvalue weighted by Gasteiger charge is 2.25. The van der Waals surface area contributed by atoms with E-state index in [2.05, 4.69) is 34.6 Å². The van der Waals surface area contributed by atoms with Gasteiger partial charge in [0.15, 0.2) is 0 Å². The van der Waals surface area contributed by atoms with Crippen LogP contribution in [-0.4, -0.2) is 11.7 Å². The molecule has 0 rings (SSSR count). The van der Waals surface area contributed by atoms with Gasteiger partial charge >= 0.3 is 0 Å². The van der Waals surface area contributed by atoms with E-state index in [0.717, 1.165) is 12.8 Å². The monoisotopic (exact) mass is 186 g/mol. The maximum atomic E-state index is 9.20. The molecule has 0 aliphatic carbocycles. The van der Waals surface area contributed by atoms with E-state index in [1.165, 1.54) is 6.42 Å². The molecule has 0 amide bonds. The maximum absolute atomic E-state index is 9.20. The van der Waals surface area contributed by atoms with Crippen molar-refractivity contribution in [1.29, 1.82) is 0 Å². The molecule has 1 N–H and O–H groups in total. The molecular weight excluding hydrogens is 160 g/mol. The summed E-state index contributed by atoms with van der Waals surface area (Å²) in [6.07, 6.45) is 3.49. The van der Waals surface area contributed by atoms with Gasteiger partial charge in [-0.15, -0.1) is 0 Å². The molecule has 0 saturated carbocycles. The van der Waals surface area contributed by atoms with E-state index in [-0.39, 0.29) is 0 Å². The van der Waals surface area contributed by atoms with Gasteiger partial charge in [0.05, 0.1) is 0 Å². The van der Waals surface area contributed by atoms with Crippen LogP contribution in [0, 0.1) is 17.3 Å². The number of aliphatic hydroxyl groups is 1. The summed E-state index contributed by atoms with van der Waals surface area (Å²) in [5, 5.41) is 9.20. The molecule has 0 aliphatic rings. The predicted molar refractivity (Wildman–Crippen MR) is 58.7 cm³/mol. The van der Waals surface area contributed by atoms with Crippen LogP contribution in [0.4, 0.5) is 0 Å². The van der Waals surface area contributed by atoms with Gasteiger partial charge in [-0.25, -0.2) is 0 Å². The Hall–Kier alpha value is -0.0400. The van der Waals surface area contributed by atoms with Crippen molar-refractivity contribution in [2.24, 2.45) is 17.3 Å². The third-order valence-electron chi connectivity index (χ3n) is 3.33. The zero-order valence-electron chi connectivity index (χ0n) is 9.93. The molecule has 0 aromatic rings. The first-order chi connectivity index (χ1) is 5.94. The van der Waals surface area contributed by atoms with E-state index < -0.39 is 0 Å². The van der Waals surface area contributed by atoms with E-state index in [4.69, 9.17) is 0 Å². The molecule has 1 nitrogen and oxygen atoms in total. The van der Waals surface area contributed by atoms with Crippen molar-refractivity contribution >= 4 is 0 Å². The van der Waals surface area contributed by atoms with E-state index >= 15 is 0 Å². The molecule has 0 spiro atoms. The van der Waals surface area contributed by atoms with Gasteiger partial charge in [0.2, 0.25) is 0 Å². The van der Waals surface area contributed by atoms with Gasteiger partial charge in [0, 0.05) is 6.61 Å². The molecule has 0 aromatic carbocycles. The molecule has 13 heavy (non-hydrogen) atoms. The second kappa shape index (κ2) is 5.64. The maximum Gasteiger partial charge on any atom is 0.0459 e. The Labute approximate surface area is 83.5 Å². The van der Waals surface area contributed by atoms with E-state index in [9.17, 15) is 5.11 Å². The first-order valence-electron chi connectivity index (χ1n) is 5.55. The molecular formula is C12H26O. The largest absolute Gasteiger partial charge is 0.396 e. The Kier molecular flexibility index (Phi) is 5.62. The van der Waals surface area contributed by atoms with Gasteiger partial charge in [-0.05, 0) is 30.1 Å². The fourth-order valence-electron chi connectivity index (χ4n) is 1.65. The first-order valence-corrected chi connectivity index (χ1v) is 5.55. The summed E-state index contributed by atoms with van der Waals surface area (Å²) in [5.74, 6) is 1.20. The number of rotatable bonds is 6. The van der Waals surface area contributed by atoms with Gasteiger partial charge in [0.25, 0.3) is 0 Å². The van der Waals surface area contributed by atoms with E-state index in [1.54, 1.807) is 0 Å². The number of hydrogen-bond donors (Lipinski definition) is 1. The normalized spacial score (nSPS) is 15.0. The van der Waals surface area contributed by atoms with Crippen LogP contribution in [0.15, 0.2) is 0 Å². The molecule has 1 unspecified atom stereocenters. The number of hydrogen-bond acceptors (Lipinski definition) is 1. The lowest BCUT2D eigenvalue weighted by Crippen LogP contribution is -2.24. The highest BCUT2D eigenvalue weighted by molar-refractivity contribution is 4.76. The minimum absolute atomic E-state index is 0.351. The Morgan fingerprint density at radius 1 is 1.23 bits per heavy atom. The summed E-state index contributed by atoms with van der Waals surface area (Å²) in [4.78, 5) is 0. The average molecular weight is 186 g/mol. The van der Waals surface area contributed by atoms with Crippen molar-refractivity contribution in [2.75, 3.05) is 6.61 Å². The fourth-order valence-corrected chi connectivity index (χ4v) is 1.65. The standard InChI is InChI=1S/C12H26O/c1-6-7-11(9-13)8-12(4,5)10(2)3/h10-11,13H,6-9H2,1-5H3. The topological polar surface area (TPSA) is 20.2 Å². The summed E-state index contributed by atoms with van der Waals surface area (Å²) in [5.41, 5.74) is 0.364. The third kappa shape index (κ3) is 4.66. The van der Waals surface area contributed by atoms with E-state index in [0.29, 0.717) is 23.9 Å². The highest BCUT2D eigenvalue weighted by Crippen LogP contribution is 2.34. The minimum atomic E-state index is 0.351. The Balaban J connectivity index is 4.05. The van der Waals surface area contributed by atoms with Gasteiger partial charge in [-0.1, -0.05) is 41.0 Å². The predicted octanol–water partition coefficient (Wildman–Crippen LogP) is 3.47. The van der Waals surface area contributed by atoms with Gasteiger partial charge in [0.1, 0.15) is 0 Å². The highest BCUT2D eigenvalue weighted by atomic mass is 16.3. The molecule has 0 radical (unpaired) electrons. The van der Waals surface area contributed by atoms with Crippen LogP contribution in [0.2, 0.25) is 0 Å². The quantitative estimate of drug-likeness (QED) is 0.673. The first kappa shape index (κ1) is 13.0. The van der Waals surface area contributed by atoms with Crippen molar-refractivity contribution in [1.82, 2.24) is 0 Å². The summed E-state index contributed by atoms with van der Waals surface area (Å²) in [7, 11) is 0. The van der Waals surface area contributed by atoms with Gasteiger partial charge < -0.3 is 5.11 Å². The molecule has 0 fully saturated rings.